The molecule has 0 atom stereocenters. The summed E-state index contributed by atoms with van der Waals surface area (Å²) in [5.41, 5.74) is 0.489. The Morgan fingerprint density at radius 1 is 1.50 bits per heavy atom. The molecule has 8 heteroatoms. The molecule has 0 bridgehead atoms. The Kier molecular flexibility index (Phi) is 5.36. The first-order valence-electron chi connectivity index (χ1n) is 6.56. The van der Waals surface area contributed by atoms with Gasteiger partial charge in [-0.25, -0.2) is 0 Å². The highest BCUT2D eigenvalue weighted by Crippen LogP contribution is 2.22. The van der Waals surface area contributed by atoms with Crippen LogP contribution < -0.4 is 10.0 Å². The molecule has 1 aliphatic rings. The predicted octanol–water partition coefficient (Wildman–Crippen LogP) is 1.57. The van der Waals surface area contributed by atoms with E-state index >= 15 is 0 Å². The predicted molar refractivity (Wildman–Crippen MR) is 82.8 cm³/mol. The zero-order valence-corrected chi connectivity index (χ0v) is 13.7. The van der Waals surface area contributed by atoms with Crippen molar-refractivity contribution < 1.29 is 8.42 Å². The van der Waals surface area contributed by atoms with Gasteiger partial charge in [-0.05, 0) is 47.8 Å². The lowest BCUT2D eigenvalue weighted by molar-refractivity contribution is 0.458. The Labute approximate surface area is 128 Å². The Bertz CT molecular complexity index is 548. The van der Waals surface area contributed by atoms with Crippen LogP contribution in [0.1, 0.15) is 19.3 Å². The van der Waals surface area contributed by atoms with Crippen molar-refractivity contribution in [3.05, 3.63) is 22.9 Å². The fourth-order valence-electron chi connectivity index (χ4n) is 1.69. The maximum Gasteiger partial charge on any atom is 0.301 e. The Hall–Kier alpha value is -0.700. The molecule has 1 aromatic heterocycles. The summed E-state index contributed by atoms with van der Waals surface area (Å²) in [5.74, 6) is 0. The van der Waals surface area contributed by atoms with E-state index in [-0.39, 0.29) is 0 Å². The molecule has 20 heavy (non-hydrogen) atoms. The average molecular weight is 363 g/mol. The molecular weight excluding hydrogens is 344 g/mol. The number of hydrogen-bond donors (Lipinski definition) is 2. The summed E-state index contributed by atoms with van der Waals surface area (Å²) >= 11 is 3.27. The number of nitrogens with zero attached hydrogens (tertiary/aromatic N) is 2. The molecule has 1 aromatic rings. The van der Waals surface area contributed by atoms with E-state index < -0.39 is 10.2 Å². The molecule has 0 aromatic carbocycles. The molecule has 0 radical (unpaired) electrons. The summed E-state index contributed by atoms with van der Waals surface area (Å²) in [6.45, 7) is 1.33. The third-order valence-corrected chi connectivity index (χ3v) is 5.19. The smallest absolute Gasteiger partial charge is 0.301 e. The fourth-order valence-corrected chi connectivity index (χ4v) is 3.15. The fraction of sp³-hybridized carbons (Fsp3) is 0.583. The molecule has 0 saturated heterocycles. The van der Waals surface area contributed by atoms with Crippen molar-refractivity contribution in [3.63, 3.8) is 0 Å². The first-order chi connectivity index (χ1) is 9.49. The molecule has 2 rings (SSSR count). The summed E-state index contributed by atoms with van der Waals surface area (Å²) in [4.78, 5) is 3.90. The minimum Gasteiger partial charge on any atom is -0.314 e. The minimum absolute atomic E-state index is 0.484. The van der Waals surface area contributed by atoms with Crippen LogP contribution in [0.4, 0.5) is 5.69 Å². The molecule has 1 saturated carbocycles. The van der Waals surface area contributed by atoms with Crippen LogP contribution in [-0.4, -0.2) is 43.9 Å². The van der Waals surface area contributed by atoms with E-state index in [1.54, 1.807) is 25.5 Å². The second-order valence-corrected chi connectivity index (χ2v) is 7.50. The van der Waals surface area contributed by atoms with Gasteiger partial charge in [-0.3, -0.25) is 9.71 Å². The summed E-state index contributed by atoms with van der Waals surface area (Å²) in [6, 6.07) is 2.27. The van der Waals surface area contributed by atoms with Crippen molar-refractivity contribution in [1.82, 2.24) is 14.6 Å². The van der Waals surface area contributed by atoms with Crippen LogP contribution in [-0.2, 0) is 10.2 Å². The van der Waals surface area contributed by atoms with Crippen LogP contribution in [0.2, 0.25) is 0 Å². The standard InChI is InChI=1S/C12H19BrN4O2S/c1-17(8-2-6-15-10-3-4-10)20(18,19)16-12-5-7-14-9-11(12)13/h5,7,9-10,15H,2-4,6,8H2,1H3,(H,14,16). The van der Waals surface area contributed by atoms with Gasteiger partial charge >= 0.3 is 10.2 Å². The maximum absolute atomic E-state index is 12.1. The highest BCUT2D eigenvalue weighted by molar-refractivity contribution is 9.10. The van der Waals surface area contributed by atoms with Crippen molar-refractivity contribution in [2.75, 3.05) is 24.9 Å². The molecule has 0 amide bonds. The lowest BCUT2D eigenvalue weighted by Crippen LogP contribution is -2.34. The maximum atomic E-state index is 12.1. The van der Waals surface area contributed by atoms with E-state index in [4.69, 9.17) is 0 Å². The highest BCUT2D eigenvalue weighted by Gasteiger charge is 2.21. The van der Waals surface area contributed by atoms with Crippen LogP contribution in [0.15, 0.2) is 22.9 Å². The van der Waals surface area contributed by atoms with Crippen molar-refractivity contribution in [1.29, 1.82) is 0 Å². The van der Waals surface area contributed by atoms with Crippen LogP contribution >= 0.6 is 15.9 Å². The largest absolute Gasteiger partial charge is 0.314 e. The third-order valence-electron chi connectivity index (χ3n) is 3.08. The lowest BCUT2D eigenvalue weighted by atomic mass is 10.4. The normalized spacial score (nSPS) is 15.6. The number of hydrogen-bond acceptors (Lipinski definition) is 4. The van der Waals surface area contributed by atoms with E-state index in [1.165, 1.54) is 17.1 Å². The van der Waals surface area contributed by atoms with Gasteiger partial charge in [0, 0.05) is 32.0 Å². The van der Waals surface area contributed by atoms with Gasteiger partial charge in [0.15, 0.2) is 0 Å². The Balaban J connectivity index is 1.83. The molecule has 2 N–H and O–H groups in total. The van der Waals surface area contributed by atoms with Crippen LogP contribution in [0, 0.1) is 0 Å². The molecule has 112 valence electrons. The number of halogens is 1. The van der Waals surface area contributed by atoms with E-state index in [9.17, 15) is 8.42 Å². The molecule has 1 fully saturated rings. The topological polar surface area (TPSA) is 74.3 Å². The summed E-state index contributed by atoms with van der Waals surface area (Å²) in [5, 5.41) is 3.36. The van der Waals surface area contributed by atoms with Gasteiger partial charge in [-0.1, -0.05) is 0 Å². The molecule has 1 heterocycles. The van der Waals surface area contributed by atoms with Gasteiger partial charge in [0.2, 0.25) is 0 Å². The second-order valence-electron chi connectivity index (χ2n) is 4.87. The molecule has 0 aliphatic heterocycles. The average Bonchev–Trinajstić information content (AvgIpc) is 3.21. The van der Waals surface area contributed by atoms with Gasteiger partial charge in [0.1, 0.15) is 0 Å². The molecule has 0 unspecified atom stereocenters. The molecule has 6 nitrogen and oxygen atoms in total. The summed E-state index contributed by atoms with van der Waals surface area (Å²) < 4.78 is 28.8. The number of pyridine rings is 1. The summed E-state index contributed by atoms with van der Waals surface area (Å²) in [6.07, 6.45) is 6.38. The second kappa shape index (κ2) is 6.84. The molecule has 0 spiro atoms. The zero-order valence-electron chi connectivity index (χ0n) is 11.3. The number of aromatic nitrogens is 1. The zero-order chi connectivity index (χ0) is 14.6. The van der Waals surface area contributed by atoms with Crippen molar-refractivity contribution in [2.24, 2.45) is 0 Å². The molecular formula is C12H19BrN4O2S. The van der Waals surface area contributed by atoms with Crippen LogP contribution in [0.3, 0.4) is 0 Å². The highest BCUT2D eigenvalue weighted by atomic mass is 79.9. The number of nitrogens with one attached hydrogen (secondary N) is 2. The van der Waals surface area contributed by atoms with Crippen LogP contribution in [0.5, 0.6) is 0 Å². The van der Waals surface area contributed by atoms with E-state index in [2.05, 4.69) is 31.0 Å². The Morgan fingerprint density at radius 3 is 2.90 bits per heavy atom. The van der Waals surface area contributed by atoms with Gasteiger partial charge in [-0.15, -0.1) is 0 Å². The van der Waals surface area contributed by atoms with E-state index in [0.717, 1.165) is 13.0 Å². The quantitative estimate of drug-likeness (QED) is 0.688. The Morgan fingerprint density at radius 2 is 2.25 bits per heavy atom. The SMILES string of the molecule is CN(CCCNC1CC1)S(=O)(=O)Nc1ccncc1Br. The van der Waals surface area contributed by atoms with Crippen molar-refractivity contribution >= 4 is 31.8 Å². The number of rotatable bonds is 8. The first kappa shape index (κ1) is 15.7. The lowest BCUT2D eigenvalue weighted by Gasteiger charge is -2.18. The monoisotopic (exact) mass is 362 g/mol. The number of anilines is 1. The first-order valence-corrected chi connectivity index (χ1v) is 8.79. The minimum atomic E-state index is -3.52. The summed E-state index contributed by atoms with van der Waals surface area (Å²) in [7, 11) is -1.95. The van der Waals surface area contributed by atoms with Crippen molar-refractivity contribution in [3.8, 4) is 0 Å². The van der Waals surface area contributed by atoms with Gasteiger partial charge in [-0.2, -0.15) is 12.7 Å². The van der Waals surface area contributed by atoms with Crippen LogP contribution in [0.25, 0.3) is 0 Å². The van der Waals surface area contributed by atoms with Gasteiger partial charge in [0.25, 0.3) is 0 Å². The molecule has 1 aliphatic carbocycles. The van der Waals surface area contributed by atoms with Gasteiger partial charge in [0.05, 0.1) is 10.2 Å². The third kappa shape index (κ3) is 4.69. The van der Waals surface area contributed by atoms with E-state index in [0.29, 0.717) is 22.7 Å². The van der Waals surface area contributed by atoms with E-state index in [1.807, 2.05) is 0 Å². The van der Waals surface area contributed by atoms with Gasteiger partial charge < -0.3 is 5.32 Å². The van der Waals surface area contributed by atoms with Crippen molar-refractivity contribution in [2.45, 2.75) is 25.3 Å².